The molecule has 4 rings (SSSR count). The third-order valence-corrected chi connectivity index (χ3v) is 5.70. The Bertz CT molecular complexity index is 823. The monoisotopic (exact) mass is 345 g/mol. The van der Waals surface area contributed by atoms with Gasteiger partial charge in [-0.2, -0.15) is 0 Å². The maximum atomic E-state index is 6.14. The third kappa shape index (κ3) is 3.10. The number of halogens is 1. The third-order valence-electron chi connectivity index (χ3n) is 4.69. The zero-order chi connectivity index (χ0) is 15.8. The molecule has 2 aromatic heterocycles. The van der Waals surface area contributed by atoms with Crippen molar-refractivity contribution in [1.82, 2.24) is 9.97 Å². The highest BCUT2D eigenvalue weighted by Gasteiger charge is 2.20. The predicted octanol–water partition coefficient (Wildman–Crippen LogP) is 5.94. The van der Waals surface area contributed by atoms with Crippen LogP contribution in [0, 0.1) is 5.92 Å². The van der Waals surface area contributed by atoms with Crippen LogP contribution in [0.25, 0.3) is 22.2 Å². The first-order valence-corrected chi connectivity index (χ1v) is 9.44. The van der Waals surface area contributed by atoms with Gasteiger partial charge in [-0.25, -0.2) is 4.98 Å². The number of fused-ring (bicyclic) bond motifs is 1. The maximum absolute atomic E-state index is 6.14. The second-order valence-electron chi connectivity index (χ2n) is 6.54. The molecule has 2 atom stereocenters. The van der Waals surface area contributed by atoms with Gasteiger partial charge in [0.15, 0.2) is 5.13 Å². The summed E-state index contributed by atoms with van der Waals surface area (Å²) in [6, 6.07) is 6.48. The normalized spacial score (nSPS) is 21.7. The number of anilines is 1. The second-order valence-corrected chi connectivity index (χ2v) is 7.84. The van der Waals surface area contributed by atoms with Crippen LogP contribution in [0.5, 0.6) is 0 Å². The average molecular weight is 346 g/mol. The van der Waals surface area contributed by atoms with Gasteiger partial charge in [0.2, 0.25) is 0 Å². The lowest BCUT2D eigenvalue weighted by atomic mass is 9.87. The standard InChI is InChI=1S/C18H20ClN3S/c1-11-3-2-4-13(7-11)21-18-22-17(10-23-18)15-9-20-16-6-5-12(19)8-14(15)16/h5-6,8-11,13,20H,2-4,7H2,1H3,(H,21,22)/t11-,13+/m1/s1. The van der Waals surface area contributed by atoms with Crippen LogP contribution in [0.15, 0.2) is 29.8 Å². The number of thiazole rings is 1. The van der Waals surface area contributed by atoms with E-state index < -0.39 is 0 Å². The van der Waals surface area contributed by atoms with Crippen LogP contribution in [0.2, 0.25) is 5.02 Å². The number of benzene rings is 1. The van der Waals surface area contributed by atoms with Crippen molar-refractivity contribution in [2.45, 2.75) is 38.6 Å². The number of nitrogens with zero attached hydrogens (tertiary/aromatic N) is 1. The van der Waals surface area contributed by atoms with E-state index >= 15 is 0 Å². The zero-order valence-corrected chi connectivity index (χ0v) is 14.7. The van der Waals surface area contributed by atoms with Gasteiger partial charge in [0.05, 0.1) is 5.69 Å². The summed E-state index contributed by atoms with van der Waals surface area (Å²) >= 11 is 7.82. The first-order valence-electron chi connectivity index (χ1n) is 8.18. The Hall–Kier alpha value is -1.52. The Morgan fingerprint density at radius 3 is 3.13 bits per heavy atom. The number of hydrogen-bond donors (Lipinski definition) is 2. The minimum absolute atomic E-state index is 0.565. The van der Waals surface area contributed by atoms with Crippen molar-refractivity contribution in [2.75, 3.05) is 5.32 Å². The average Bonchev–Trinajstić information content (AvgIpc) is 3.13. The molecule has 0 spiro atoms. The highest BCUT2D eigenvalue weighted by Crippen LogP contribution is 2.33. The number of aromatic amines is 1. The first-order chi connectivity index (χ1) is 11.2. The smallest absolute Gasteiger partial charge is 0.183 e. The fourth-order valence-corrected chi connectivity index (χ4v) is 4.47. The van der Waals surface area contributed by atoms with Crippen LogP contribution in [0.1, 0.15) is 32.6 Å². The summed E-state index contributed by atoms with van der Waals surface area (Å²) in [5.41, 5.74) is 3.21. The Kier molecular flexibility index (Phi) is 4.04. The molecule has 23 heavy (non-hydrogen) atoms. The van der Waals surface area contributed by atoms with Gasteiger partial charge in [-0.15, -0.1) is 11.3 Å². The molecular weight excluding hydrogens is 326 g/mol. The highest BCUT2D eigenvalue weighted by molar-refractivity contribution is 7.14. The van der Waals surface area contributed by atoms with Gasteiger partial charge in [-0.05, 0) is 37.0 Å². The molecule has 2 N–H and O–H groups in total. The number of nitrogens with one attached hydrogen (secondary N) is 2. The van der Waals surface area contributed by atoms with E-state index in [9.17, 15) is 0 Å². The molecule has 5 heteroatoms. The van der Waals surface area contributed by atoms with Crippen LogP contribution in [-0.2, 0) is 0 Å². The van der Waals surface area contributed by atoms with E-state index in [-0.39, 0.29) is 0 Å². The summed E-state index contributed by atoms with van der Waals surface area (Å²) in [6.45, 7) is 2.34. The number of aromatic nitrogens is 2. The Labute approximate surface area is 145 Å². The van der Waals surface area contributed by atoms with Crippen molar-refractivity contribution in [1.29, 1.82) is 0 Å². The molecule has 1 aliphatic rings. The van der Waals surface area contributed by atoms with E-state index in [0.29, 0.717) is 6.04 Å². The van der Waals surface area contributed by atoms with Crippen molar-refractivity contribution in [3.05, 3.63) is 34.8 Å². The van der Waals surface area contributed by atoms with E-state index in [1.807, 2.05) is 24.4 Å². The molecule has 1 fully saturated rings. The van der Waals surface area contributed by atoms with Crippen molar-refractivity contribution in [2.24, 2.45) is 5.92 Å². The molecular formula is C18H20ClN3S. The lowest BCUT2D eigenvalue weighted by Crippen LogP contribution is -2.26. The minimum atomic E-state index is 0.565. The van der Waals surface area contributed by atoms with Crippen LogP contribution < -0.4 is 5.32 Å². The quantitative estimate of drug-likeness (QED) is 0.617. The van der Waals surface area contributed by atoms with Crippen LogP contribution in [0.3, 0.4) is 0 Å². The van der Waals surface area contributed by atoms with E-state index in [0.717, 1.165) is 38.2 Å². The Morgan fingerprint density at radius 2 is 2.26 bits per heavy atom. The zero-order valence-electron chi connectivity index (χ0n) is 13.1. The molecule has 0 radical (unpaired) electrons. The maximum Gasteiger partial charge on any atom is 0.183 e. The van der Waals surface area contributed by atoms with Crippen molar-refractivity contribution >= 4 is 39.0 Å². The molecule has 1 saturated carbocycles. The fraction of sp³-hybridized carbons (Fsp3) is 0.389. The van der Waals surface area contributed by atoms with Crippen molar-refractivity contribution in [3.63, 3.8) is 0 Å². The fourth-order valence-electron chi connectivity index (χ4n) is 3.51. The molecule has 0 bridgehead atoms. The molecule has 0 saturated heterocycles. The summed E-state index contributed by atoms with van der Waals surface area (Å²) in [4.78, 5) is 8.09. The van der Waals surface area contributed by atoms with E-state index in [1.54, 1.807) is 11.3 Å². The van der Waals surface area contributed by atoms with Gasteiger partial charge in [0.25, 0.3) is 0 Å². The summed E-state index contributed by atoms with van der Waals surface area (Å²) in [5, 5.41) is 8.65. The molecule has 120 valence electrons. The van der Waals surface area contributed by atoms with Gasteiger partial charge in [0, 0.05) is 39.1 Å². The Balaban J connectivity index is 1.58. The molecule has 0 amide bonds. The molecule has 1 aliphatic carbocycles. The number of hydrogen-bond acceptors (Lipinski definition) is 3. The summed E-state index contributed by atoms with van der Waals surface area (Å²) in [5.74, 6) is 0.816. The van der Waals surface area contributed by atoms with E-state index in [1.165, 1.54) is 25.7 Å². The predicted molar refractivity (Wildman–Crippen MR) is 99.5 cm³/mol. The van der Waals surface area contributed by atoms with Gasteiger partial charge in [-0.1, -0.05) is 31.4 Å². The summed E-state index contributed by atoms with van der Waals surface area (Å²) in [6.07, 6.45) is 7.19. The van der Waals surface area contributed by atoms with Crippen molar-refractivity contribution < 1.29 is 0 Å². The SMILES string of the molecule is C[C@@H]1CCC[C@H](Nc2nc(-c3c[nH]c4ccc(Cl)cc34)cs2)C1. The summed E-state index contributed by atoms with van der Waals surface area (Å²) < 4.78 is 0. The lowest BCUT2D eigenvalue weighted by molar-refractivity contribution is 0.358. The van der Waals surface area contributed by atoms with Gasteiger partial charge in [-0.3, -0.25) is 0 Å². The van der Waals surface area contributed by atoms with Gasteiger partial charge >= 0.3 is 0 Å². The molecule has 0 aliphatic heterocycles. The molecule has 3 nitrogen and oxygen atoms in total. The lowest BCUT2D eigenvalue weighted by Gasteiger charge is -2.27. The van der Waals surface area contributed by atoms with Crippen LogP contribution in [-0.4, -0.2) is 16.0 Å². The van der Waals surface area contributed by atoms with Gasteiger partial charge < -0.3 is 10.3 Å². The summed E-state index contributed by atoms with van der Waals surface area (Å²) in [7, 11) is 0. The first kappa shape index (κ1) is 15.0. The van der Waals surface area contributed by atoms with E-state index in [4.69, 9.17) is 16.6 Å². The van der Waals surface area contributed by atoms with Crippen molar-refractivity contribution in [3.8, 4) is 11.3 Å². The number of H-pyrrole nitrogens is 1. The van der Waals surface area contributed by atoms with Gasteiger partial charge in [0.1, 0.15) is 0 Å². The molecule has 0 unspecified atom stereocenters. The van der Waals surface area contributed by atoms with Crippen LogP contribution >= 0.6 is 22.9 Å². The Morgan fingerprint density at radius 1 is 1.35 bits per heavy atom. The molecule has 1 aromatic carbocycles. The second kappa shape index (κ2) is 6.17. The van der Waals surface area contributed by atoms with E-state index in [2.05, 4.69) is 22.6 Å². The largest absolute Gasteiger partial charge is 0.360 e. The molecule has 3 aromatic rings. The number of rotatable bonds is 3. The molecule has 2 heterocycles. The van der Waals surface area contributed by atoms with Crippen LogP contribution in [0.4, 0.5) is 5.13 Å². The highest BCUT2D eigenvalue weighted by atomic mass is 35.5. The minimum Gasteiger partial charge on any atom is -0.360 e. The topological polar surface area (TPSA) is 40.7 Å².